The van der Waals surface area contributed by atoms with Crippen molar-refractivity contribution in [2.45, 2.75) is 51.5 Å². The molecule has 4 heteroatoms. The fourth-order valence-electron chi connectivity index (χ4n) is 1.23. The van der Waals surface area contributed by atoms with Gasteiger partial charge in [0.25, 0.3) is 0 Å². The summed E-state index contributed by atoms with van der Waals surface area (Å²) in [5.74, 6) is 4.22. The van der Waals surface area contributed by atoms with Crippen molar-refractivity contribution in [3.63, 3.8) is 0 Å². The number of hydrogen-bond donors (Lipinski definition) is 3. The van der Waals surface area contributed by atoms with Crippen LogP contribution in [0.4, 0.5) is 0 Å². The van der Waals surface area contributed by atoms with Crippen LogP contribution in [0.5, 0.6) is 0 Å². The Labute approximate surface area is 79.5 Å². The van der Waals surface area contributed by atoms with E-state index in [9.17, 15) is 4.79 Å². The molecule has 13 heavy (non-hydrogen) atoms. The minimum Gasteiger partial charge on any atom is -0.480 e. The first-order chi connectivity index (χ1) is 6.22. The fraction of sp³-hybridized carbons (Fsp3) is 0.889. The molecule has 4 N–H and O–H groups in total. The zero-order valence-electron chi connectivity index (χ0n) is 8.25. The summed E-state index contributed by atoms with van der Waals surface area (Å²) in [6.45, 7) is 2.15. The highest BCUT2D eigenvalue weighted by molar-refractivity contribution is 5.73. The second-order valence-corrected chi connectivity index (χ2v) is 3.26. The molecule has 4 nitrogen and oxygen atoms in total. The Kier molecular flexibility index (Phi) is 7.63. The van der Waals surface area contributed by atoms with Crippen LogP contribution in [0.15, 0.2) is 0 Å². The van der Waals surface area contributed by atoms with Gasteiger partial charge in [-0.1, -0.05) is 39.0 Å². The Bertz CT molecular complexity index is 140. The SMILES string of the molecule is CCCCCCCC(NN)C(=O)O. The van der Waals surface area contributed by atoms with E-state index in [0.29, 0.717) is 6.42 Å². The molecule has 0 fully saturated rings. The quantitative estimate of drug-likeness (QED) is 0.304. The van der Waals surface area contributed by atoms with Gasteiger partial charge in [-0.15, -0.1) is 0 Å². The molecule has 0 saturated carbocycles. The van der Waals surface area contributed by atoms with E-state index in [1.54, 1.807) is 0 Å². The van der Waals surface area contributed by atoms with E-state index in [1.807, 2.05) is 0 Å². The van der Waals surface area contributed by atoms with E-state index >= 15 is 0 Å². The van der Waals surface area contributed by atoms with E-state index in [0.717, 1.165) is 12.8 Å². The van der Waals surface area contributed by atoms with Gasteiger partial charge >= 0.3 is 5.97 Å². The van der Waals surface area contributed by atoms with Gasteiger partial charge in [-0.2, -0.15) is 0 Å². The molecule has 0 radical (unpaired) electrons. The van der Waals surface area contributed by atoms with Crippen LogP contribution in [0.3, 0.4) is 0 Å². The van der Waals surface area contributed by atoms with E-state index < -0.39 is 12.0 Å². The van der Waals surface area contributed by atoms with Gasteiger partial charge < -0.3 is 5.11 Å². The second-order valence-electron chi connectivity index (χ2n) is 3.26. The lowest BCUT2D eigenvalue weighted by Crippen LogP contribution is -2.41. The molecule has 78 valence electrons. The van der Waals surface area contributed by atoms with Gasteiger partial charge in [-0.05, 0) is 6.42 Å². The summed E-state index contributed by atoms with van der Waals surface area (Å²) in [5, 5.41) is 8.63. The van der Waals surface area contributed by atoms with Crippen molar-refractivity contribution in [3.8, 4) is 0 Å². The fourth-order valence-corrected chi connectivity index (χ4v) is 1.23. The molecule has 0 heterocycles. The van der Waals surface area contributed by atoms with Crippen LogP contribution in [-0.4, -0.2) is 17.1 Å². The molecule has 0 aliphatic rings. The number of carboxylic acids is 1. The maximum absolute atomic E-state index is 10.5. The summed E-state index contributed by atoms with van der Waals surface area (Å²) >= 11 is 0. The first-order valence-corrected chi connectivity index (χ1v) is 4.91. The molecule has 0 aliphatic carbocycles. The molecule has 0 aromatic carbocycles. The molecule has 0 aliphatic heterocycles. The standard InChI is InChI=1S/C9H20N2O2/c1-2-3-4-5-6-7-8(11-10)9(12)13/h8,11H,2-7,10H2,1H3,(H,12,13). The highest BCUT2D eigenvalue weighted by Gasteiger charge is 2.13. The average Bonchev–Trinajstić information content (AvgIpc) is 2.10. The maximum Gasteiger partial charge on any atom is 0.322 e. The Morgan fingerprint density at radius 3 is 2.46 bits per heavy atom. The summed E-state index contributed by atoms with van der Waals surface area (Å²) in [4.78, 5) is 10.5. The zero-order chi connectivity index (χ0) is 10.1. The largest absolute Gasteiger partial charge is 0.480 e. The number of unbranched alkanes of at least 4 members (excludes halogenated alkanes) is 4. The van der Waals surface area contributed by atoms with Gasteiger partial charge in [0.1, 0.15) is 6.04 Å². The third kappa shape index (κ3) is 6.54. The van der Waals surface area contributed by atoms with Crippen LogP contribution in [0.1, 0.15) is 45.4 Å². The number of hydrazine groups is 1. The van der Waals surface area contributed by atoms with Crippen molar-refractivity contribution >= 4 is 5.97 Å². The van der Waals surface area contributed by atoms with E-state index in [-0.39, 0.29) is 0 Å². The molecule has 0 saturated heterocycles. The van der Waals surface area contributed by atoms with Crippen LogP contribution in [0.25, 0.3) is 0 Å². The number of nitrogens with two attached hydrogens (primary N) is 1. The van der Waals surface area contributed by atoms with Gasteiger partial charge in [0.15, 0.2) is 0 Å². The molecule has 1 unspecified atom stereocenters. The predicted octanol–water partition coefficient (Wildman–Crippen LogP) is 1.26. The Morgan fingerprint density at radius 1 is 1.38 bits per heavy atom. The number of carbonyl (C=O) groups is 1. The third-order valence-corrected chi connectivity index (χ3v) is 2.10. The number of hydrogen-bond acceptors (Lipinski definition) is 3. The summed E-state index contributed by atoms with van der Waals surface area (Å²) < 4.78 is 0. The van der Waals surface area contributed by atoms with Crippen molar-refractivity contribution in [1.29, 1.82) is 0 Å². The molecule has 0 spiro atoms. The van der Waals surface area contributed by atoms with Gasteiger partial charge in [0, 0.05) is 0 Å². The lowest BCUT2D eigenvalue weighted by molar-refractivity contribution is -0.139. The van der Waals surface area contributed by atoms with Gasteiger partial charge in [0.05, 0.1) is 0 Å². The number of rotatable bonds is 8. The molecule has 0 aromatic heterocycles. The lowest BCUT2D eigenvalue weighted by Gasteiger charge is -2.09. The van der Waals surface area contributed by atoms with E-state index in [4.69, 9.17) is 10.9 Å². The number of carboxylic acid groups (broad SMARTS) is 1. The molecular weight excluding hydrogens is 168 g/mol. The normalized spacial score (nSPS) is 12.8. The molecule has 1 atom stereocenters. The first kappa shape index (κ1) is 12.4. The molecule has 0 amide bonds. The van der Waals surface area contributed by atoms with Gasteiger partial charge in [-0.3, -0.25) is 10.6 Å². The van der Waals surface area contributed by atoms with Gasteiger partial charge in [0.2, 0.25) is 0 Å². The molecule has 0 rings (SSSR count). The first-order valence-electron chi connectivity index (χ1n) is 4.91. The van der Waals surface area contributed by atoms with Crippen molar-refractivity contribution in [1.82, 2.24) is 5.43 Å². The van der Waals surface area contributed by atoms with Crippen LogP contribution in [0, 0.1) is 0 Å². The van der Waals surface area contributed by atoms with Crippen LogP contribution in [-0.2, 0) is 4.79 Å². The topological polar surface area (TPSA) is 75.3 Å². The Balaban J connectivity index is 3.33. The predicted molar refractivity (Wildman–Crippen MR) is 52.1 cm³/mol. The smallest absolute Gasteiger partial charge is 0.322 e. The summed E-state index contributed by atoms with van der Waals surface area (Å²) in [6, 6.07) is -0.582. The molecule has 0 aromatic rings. The number of nitrogens with one attached hydrogen (secondary N) is 1. The summed E-state index contributed by atoms with van der Waals surface area (Å²) in [5.41, 5.74) is 2.29. The number of aliphatic carboxylic acids is 1. The molecule has 0 bridgehead atoms. The molecular formula is C9H20N2O2. The van der Waals surface area contributed by atoms with Gasteiger partial charge in [-0.25, -0.2) is 5.43 Å². The lowest BCUT2D eigenvalue weighted by atomic mass is 10.1. The van der Waals surface area contributed by atoms with Crippen molar-refractivity contribution in [2.75, 3.05) is 0 Å². The maximum atomic E-state index is 10.5. The highest BCUT2D eigenvalue weighted by atomic mass is 16.4. The van der Waals surface area contributed by atoms with Crippen molar-refractivity contribution in [2.24, 2.45) is 5.84 Å². The Hall–Kier alpha value is -0.610. The van der Waals surface area contributed by atoms with Crippen molar-refractivity contribution in [3.05, 3.63) is 0 Å². The second kappa shape index (κ2) is 8.01. The van der Waals surface area contributed by atoms with Crippen LogP contribution in [0.2, 0.25) is 0 Å². The van der Waals surface area contributed by atoms with Crippen molar-refractivity contribution < 1.29 is 9.90 Å². The highest BCUT2D eigenvalue weighted by Crippen LogP contribution is 2.06. The minimum atomic E-state index is -0.863. The van der Waals surface area contributed by atoms with E-state index in [2.05, 4.69) is 12.3 Å². The van der Waals surface area contributed by atoms with Crippen LogP contribution >= 0.6 is 0 Å². The van der Waals surface area contributed by atoms with E-state index in [1.165, 1.54) is 19.3 Å². The average molecular weight is 188 g/mol. The Morgan fingerprint density at radius 2 is 2.00 bits per heavy atom. The summed E-state index contributed by atoms with van der Waals surface area (Å²) in [7, 11) is 0. The summed E-state index contributed by atoms with van der Waals surface area (Å²) in [6.07, 6.45) is 6.27. The minimum absolute atomic E-state index is 0.582. The monoisotopic (exact) mass is 188 g/mol. The third-order valence-electron chi connectivity index (χ3n) is 2.10. The van der Waals surface area contributed by atoms with Crippen LogP contribution < -0.4 is 11.3 Å². The zero-order valence-corrected chi connectivity index (χ0v) is 8.25.